The van der Waals surface area contributed by atoms with Crippen molar-refractivity contribution in [2.75, 3.05) is 11.9 Å². The van der Waals surface area contributed by atoms with Gasteiger partial charge in [-0.15, -0.1) is 0 Å². The van der Waals surface area contributed by atoms with E-state index >= 15 is 0 Å². The van der Waals surface area contributed by atoms with Crippen LogP contribution in [0, 0.1) is 0 Å². The highest BCUT2D eigenvalue weighted by molar-refractivity contribution is 7.91. The van der Waals surface area contributed by atoms with Crippen LogP contribution in [0.3, 0.4) is 0 Å². The van der Waals surface area contributed by atoms with Gasteiger partial charge in [-0.2, -0.15) is 8.78 Å². The van der Waals surface area contributed by atoms with Crippen molar-refractivity contribution in [3.63, 3.8) is 0 Å². The molecule has 2 aromatic carbocycles. The maximum Gasteiger partial charge on any atom is 0.341 e. The van der Waals surface area contributed by atoms with E-state index in [1.807, 2.05) is 49.2 Å². The van der Waals surface area contributed by atoms with Gasteiger partial charge in [0, 0.05) is 12.7 Å². The van der Waals surface area contributed by atoms with Gasteiger partial charge < -0.3 is 4.90 Å². The van der Waals surface area contributed by atoms with Gasteiger partial charge in [-0.1, -0.05) is 30.3 Å². The Kier molecular flexibility index (Phi) is 4.81. The number of nitrogens with zero attached hydrogens (tertiary/aromatic N) is 1. The molecule has 0 N–H and O–H groups in total. The zero-order chi connectivity index (χ0) is 16.3. The van der Waals surface area contributed by atoms with E-state index in [9.17, 15) is 17.2 Å². The maximum atomic E-state index is 12.5. The summed E-state index contributed by atoms with van der Waals surface area (Å²) in [6.45, 7) is 2.01. The number of halogens is 2. The lowest BCUT2D eigenvalue weighted by molar-refractivity contribution is 0.234. The normalized spacial score (nSPS) is 13.1. The summed E-state index contributed by atoms with van der Waals surface area (Å²) in [5.74, 6) is -3.40. The van der Waals surface area contributed by atoms with Crippen LogP contribution in [-0.2, 0) is 9.84 Å². The molecule has 3 nitrogen and oxygen atoms in total. The first kappa shape index (κ1) is 16.4. The van der Waals surface area contributed by atoms with Gasteiger partial charge in [0.2, 0.25) is 9.84 Å². The van der Waals surface area contributed by atoms with Gasteiger partial charge in [0.05, 0.1) is 10.9 Å². The second-order valence-electron chi connectivity index (χ2n) is 5.00. The predicted molar refractivity (Wildman–Crippen MR) is 82.9 cm³/mol. The summed E-state index contributed by atoms with van der Waals surface area (Å²) < 4.78 is 47.8. The number of sulfone groups is 1. The fourth-order valence-electron chi connectivity index (χ4n) is 2.15. The Hall–Kier alpha value is -1.95. The number of hydrogen-bond acceptors (Lipinski definition) is 3. The minimum absolute atomic E-state index is 0.0683. The number of anilines is 1. The topological polar surface area (TPSA) is 37.4 Å². The van der Waals surface area contributed by atoms with Crippen LogP contribution < -0.4 is 4.90 Å². The maximum absolute atomic E-state index is 12.5. The van der Waals surface area contributed by atoms with Crippen LogP contribution in [0.15, 0.2) is 59.5 Å². The van der Waals surface area contributed by atoms with Gasteiger partial charge in [-0.3, -0.25) is 0 Å². The summed E-state index contributed by atoms with van der Waals surface area (Å²) in [6.07, 6.45) is 0. The lowest BCUT2D eigenvalue weighted by atomic mass is 10.1. The Morgan fingerprint density at radius 3 is 2.00 bits per heavy atom. The van der Waals surface area contributed by atoms with E-state index in [0.29, 0.717) is 0 Å². The Morgan fingerprint density at radius 1 is 0.955 bits per heavy atom. The largest absolute Gasteiger partial charge is 0.368 e. The van der Waals surface area contributed by atoms with E-state index < -0.39 is 15.6 Å². The predicted octanol–water partition coefficient (Wildman–Crippen LogP) is 3.88. The molecule has 1 atom stereocenters. The molecule has 0 radical (unpaired) electrons. The summed E-state index contributed by atoms with van der Waals surface area (Å²) >= 11 is 0. The van der Waals surface area contributed by atoms with Gasteiger partial charge in [0.25, 0.3) is 0 Å². The third-order valence-electron chi connectivity index (χ3n) is 3.67. The van der Waals surface area contributed by atoms with E-state index in [1.54, 1.807) is 0 Å². The third-order valence-corrected chi connectivity index (χ3v) is 5.07. The van der Waals surface area contributed by atoms with Crippen LogP contribution in [0.25, 0.3) is 0 Å². The fraction of sp³-hybridized carbons (Fsp3) is 0.250. The highest BCUT2D eigenvalue weighted by Crippen LogP contribution is 2.27. The van der Waals surface area contributed by atoms with Crippen molar-refractivity contribution in [1.29, 1.82) is 0 Å². The zero-order valence-electron chi connectivity index (χ0n) is 12.3. The minimum Gasteiger partial charge on any atom is -0.368 e. The molecule has 0 bridgehead atoms. The molecule has 0 aliphatic rings. The Labute approximate surface area is 129 Å². The van der Waals surface area contributed by atoms with Crippen molar-refractivity contribution in [3.8, 4) is 0 Å². The molecule has 2 aromatic rings. The van der Waals surface area contributed by atoms with Crippen LogP contribution in [0.1, 0.15) is 18.5 Å². The van der Waals surface area contributed by atoms with E-state index in [1.165, 1.54) is 24.3 Å². The number of rotatable bonds is 5. The Bertz CT molecular complexity index is 716. The van der Waals surface area contributed by atoms with Crippen molar-refractivity contribution < 1.29 is 17.2 Å². The standard InChI is InChI=1S/C16H17F2NO2S/c1-12(13-6-4-3-5-7-13)19(2)14-8-10-15(11-9-14)22(20,21)16(17)18/h3-12,16H,1-2H3. The second-order valence-corrected chi connectivity index (χ2v) is 6.91. The molecule has 0 fully saturated rings. The number of hydrogen-bond donors (Lipinski definition) is 0. The average molecular weight is 325 g/mol. The molecule has 0 aliphatic heterocycles. The lowest BCUT2D eigenvalue weighted by Gasteiger charge is -2.27. The molecule has 0 amide bonds. The summed E-state index contributed by atoms with van der Waals surface area (Å²) in [5, 5.41) is 0. The van der Waals surface area contributed by atoms with Gasteiger partial charge in [-0.25, -0.2) is 8.42 Å². The molecular weight excluding hydrogens is 308 g/mol. The molecule has 118 valence electrons. The van der Waals surface area contributed by atoms with Crippen LogP contribution in [-0.4, -0.2) is 21.2 Å². The molecule has 0 saturated carbocycles. The minimum atomic E-state index is -4.54. The third kappa shape index (κ3) is 3.27. The summed E-state index contributed by atoms with van der Waals surface area (Å²) in [6, 6.07) is 15.4. The first-order valence-corrected chi connectivity index (χ1v) is 8.28. The van der Waals surface area contributed by atoms with Gasteiger partial charge in [0.15, 0.2) is 0 Å². The number of benzene rings is 2. The highest BCUT2D eigenvalue weighted by Gasteiger charge is 2.26. The van der Waals surface area contributed by atoms with Crippen LogP contribution in [0.4, 0.5) is 14.5 Å². The van der Waals surface area contributed by atoms with Crippen LogP contribution in [0.2, 0.25) is 0 Å². The molecule has 0 aromatic heterocycles. The molecule has 22 heavy (non-hydrogen) atoms. The van der Waals surface area contributed by atoms with E-state index in [2.05, 4.69) is 0 Å². The number of alkyl halides is 2. The molecule has 2 rings (SSSR count). The SMILES string of the molecule is CC(c1ccccc1)N(C)c1ccc(S(=O)(=O)C(F)F)cc1. The summed E-state index contributed by atoms with van der Waals surface area (Å²) in [5.41, 5.74) is 1.86. The van der Waals surface area contributed by atoms with E-state index in [-0.39, 0.29) is 10.9 Å². The van der Waals surface area contributed by atoms with Crippen LogP contribution >= 0.6 is 0 Å². The van der Waals surface area contributed by atoms with Crippen molar-refractivity contribution in [2.45, 2.75) is 23.6 Å². The first-order chi connectivity index (χ1) is 10.3. The second kappa shape index (κ2) is 6.44. The van der Waals surface area contributed by atoms with Crippen molar-refractivity contribution >= 4 is 15.5 Å². The van der Waals surface area contributed by atoms with Crippen molar-refractivity contribution in [2.24, 2.45) is 0 Å². The van der Waals surface area contributed by atoms with E-state index in [0.717, 1.165) is 11.3 Å². The Balaban J connectivity index is 2.24. The average Bonchev–Trinajstić information content (AvgIpc) is 2.54. The van der Waals surface area contributed by atoms with Crippen molar-refractivity contribution in [1.82, 2.24) is 0 Å². The van der Waals surface area contributed by atoms with E-state index in [4.69, 9.17) is 0 Å². The first-order valence-electron chi connectivity index (χ1n) is 6.74. The molecule has 0 aliphatic carbocycles. The summed E-state index contributed by atoms with van der Waals surface area (Å²) in [7, 11) is -2.67. The fourth-order valence-corrected chi connectivity index (χ4v) is 2.87. The smallest absolute Gasteiger partial charge is 0.341 e. The lowest BCUT2D eigenvalue weighted by Crippen LogP contribution is -2.21. The molecule has 0 saturated heterocycles. The molecule has 6 heteroatoms. The monoisotopic (exact) mass is 325 g/mol. The quantitative estimate of drug-likeness (QED) is 0.837. The van der Waals surface area contributed by atoms with Gasteiger partial charge in [-0.05, 0) is 36.8 Å². The molecule has 0 spiro atoms. The zero-order valence-corrected chi connectivity index (χ0v) is 13.1. The van der Waals surface area contributed by atoms with Gasteiger partial charge in [0.1, 0.15) is 0 Å². The molecule has 1 unspecified atom stereocenters. The van der Waals surface area contributed by atoms with Gasteiger partial charge >= 0.3 is 5.76 Å². The summed E-state index contributed by atoms with van der Waals surface area (Å²) in [4.78, 5) is 1.58. The van der Waals surface area contributed by atoms with Crippen LogP contribution in [0.5, 0.6) is 0 Å². The molecular formula is C16H17F2NO2S. The highest BCUT2D eigenvalue weighted by atomic mass is 32.2. The molecule has 0 heterocycles. The Morgan fingerprint density at radius 2 is 1.50 bits per heavy atom. The van der Waals surface area contributed by atoms with Crippen molar-refractivity contribution in [3.05, 3.63) is 60.2 Å².